The van der Waals surface area contributed by atoms with E-state index >= 15 is 0 Å². The molecule has 0 saturated heterocycles. The van der Waals surface area contributed by atoms with Gasteiger partial charge in [-0.2, -0.15) is 5.26 Å². The summed E-state index contributed by atoms with van der Waals surface area (Å²) in [4.78, 5) is 4.63. The van der Waals surface area contributed by atoms with Gasteiger partial charge in [-0.3, -0.25) is 4.98 Å². The molecule has 1 aromatic heterocycles. The molecular weight excluding hydrogens is 424 g/mol. The second-order valence-electron chi connectivity index (χ2n) is 11.5. The fourth-order valence-corrected chi connectivity index (χ4v) is 6.93. The van der Waals surface area contributed by atoms with Crippen LogP contribution in [-0.2, 0) is 6.42 Å². The van der Waals surface area contributed by atoms with Crippen molar-refractivity contribution in [2.75, 3.05) is 0 Å². The molecule has 5 rings (SSSR count). The molecule has 3 aliphatic rings. The predicted molar refractivity (Wildman–Crippen MR) is 146 cm³/mol. The Morgan fingerprint density at radius 1 is 1.09 bits per heavy atom. The Labute approximate surface area is 212 Å². The number of hydrogen-bond acceptors (Lipinski definition) is 2. The lowest BCUT2D eigenvalue weighted by Gasteiger charge is -2.32. The molecule has 2 heteroatoms. The van der Waals surface area contributed by atoms with E-state index in [1.807, 2.05) is 6.20 Å². The average Bonchev–Trinajstić information content (AvgIpc) is 3.34. The minimum Gasteiger partial charge on any atom is -0.261 e. The molecule has 3 aliphatic carbocycles. The molecule has 1 spiro atoms. The maximum atomic E-state index is 9.96. The first kappa shape index (κ1) is 24.1. The van der Waals surface area contributed by atoms with Crippen molar-refractivity contribution < 1.29 is 0 Å². The molecule has 2 fully saturated rings. The molecule has 2 aromatic rings. The molecule has 0 N–H and O–H groups in total. The summed E-state index contributed by atoms with van der Waals surface area (Å²) in [5.74, 6) is 0.734. The maximum absolute atomic E-state index is 9.96. The van der Waals surface area contributed by atoms with E-state index < -0.39 is 0 Å². The van der Waals surface area contributed by atoms with Crippen LogP contribution in [0.15, 0.2) is 47.7 Å². The fraction of sp³-hybridized carbons (Fsp3) is 0.515. The standard InChI is InChI=1S/C33H40N2/c1-24(27-12-17-33(18-13-27)15-6-7-16-33)20-32-25(2)35-19-14-31(32)29-11-10-28(30(22-29)23-34)21-26-8-4-3-5-9-26/h10-12,14,19-20,22,26H,3-9,13,15-18,21H2,1-2H3/b24-20+. The van der Waals surface area contributed by atoms with Crippen molar-refractivity contribution in [3.05, 3.63) is 70.1 Å². The minimum atomic E-state index is 0.603. The Morgan fingerprint density at radius 3 is 2.60 bits per heavy atom. The molecule has 0 radical (unpaired) electrons. The quantitative estimate of drug-likeness (QED) is 0.442. The average molecular weight is 465 g/mol. The highest BCUT2D eigenvalue weighted by Gasteiger charge is 2.34. The zero-order valence-electron chi connectivity index (χ0n) is 21.7. The second kappa shape index (κ2) is 10.5. The Bertz CT molecular complexity index is 1160. The third-order valence-corrected chi connectivity index (χ3v) is 9.20. The third-order valence-electron chi connectivity index (χ3n) is 9.20. The van der Waals surface area contributed by atoms with Crippen LogP contribution in [0.3, 0.4) is 0 Å². The van der Waals surface area contributed by atoms with E-state index in [4.69, 9.17) is 0 Å². The summed E-state index contributed by atoms with van der Waals surface area (Å²) in [5.41, 5.74) is 10.1. The van der Waals surface area contributed by atoms with E-state index in [9.17, 15) is 5.26 Å². The van der Waals surface area contributed by atoms with E-state index in [0.29, 0.717) is 5.41 Å². The highest BCUT2D eigenvalue weighted by molar-refractivity contribution is 5.78. The van der Waals surface area contributed by atoms with Gasteiger partial charge in [-0.1, -0.05) is 63.2 Å². The van der Waals surface area contributed by atoms with E-state index in [1.54, 1.807) is 0 Å². The summed E-state index contributed by atoms with van der Waals surface area (Å²) in [6.45, 7) is 4.37. The van der Waals surface area contributed by atoms with Gasteiger partial charge >= 0.3 is 0 Å². The zero-order chi connectivity index (χ0) is 24.3. The smallest absolute Gasteiger partial charge is 0.0994 e. The molecule has 182 valence electrons. The van der Waals surface area contributed by atoms with Gasteiger partial charge < -0.3 is 0 Å². The number of rotatable bonds is 5. The van der Waals surface area contributed by atoms with Gasteiger partial charge in [0.05, 0.1) is 11.6 Å². The largest absolute Gasteiger partial charge is 0.261 e. The van der Waals surface area contributed by atoms with Crippen LogP contribution in [0.4, 0.5) is 0 Å². The van der Waals surface area contributed by atoms with Gasteiger partial charge in [0.1, 0.15) is 0 Å². The molecule has 1 aromatic carbocycles. The summed E-state index contributed by atoms with van der Waals surface area (Å²) in [6.07, 6.45) is 24.0. The van der Waals surface area contributed by atoms with Gasteiger partial charge in [0.2, 0.25) is 0 Å². The number of hydrogen-bond donors (Lipinski definition) is 0. The molecule has 0 bridgehead atoms. The number of allylic oxidation sites excluding steroid dienone is 3. The van der Waals surface area contributed by atoms with E-state index in [2.05, 4.69) is 61.3 Å². The normalized spacial score (nSPS) is 20.6. The van der Waals surface area contributed by atoms with Crippen molar-refractivity contribution in [3.63, 3.8) is 0 Å². The molecule has 2 saturated carbocycles. The lowest BCUT2D eigenvalue weighted by molar-refractivity contribution is 0.264. The Kier molecular flexibility index (Phi) is 7.24. The first-order valence-electron chi connectivity index (χ1n) is 13.9. The molecule has 0 aliphatic heterocycles. The first-order valence-corrected chi connectivity index (χ1v) is 13.9. The van der Waals surface area contributed by atoms with E-state index in [-0.39, 0.29) is 0 Å². The van der Waals surface area contributed by atoms with Gasteiger partial charge in [-0.05, 0) is 110 Å². The number of benzene rings is 1. The molecule has 1 heterocycles. The highest BCUT2D eigenvalue weighted by atomic mass is 14.7. The van der Waals surface area contributed by atoms with Crippen molar-refractivity contribution in [2.45, 2.75) is 97.3 Å². The number of aryl methyl sites for hydroxylation is 1. The van der Waals surface area contributed by atoms with Crippen molar-refractivity contribution in [1.29, 1.82) is 5.26 Å². The van der Waals surface area contributed by atoms with Crippen molar-refractivity contribution >= 4 is 6.08 Å². The van der Waals surface area contributed by atoms with Crippen LogP contribution in [0, 0.1) is 29.6 Å². The maximum Gasteiger partial charge on any atom is 0.0994 e. The fourth-order valence-electron chi connectivity index (χ4n) is 6.93. The van der Waals surface area contributed by atoms with Gasteiger partial charge in [0.25, 0.3) is 0 Å². The SMILES string of the molecule is C/C(=C\c1c(-c2ccc(CC3CCCCC3)c(C#N)c2)ccnc1C)C1=CCC2(CCCC2)CC1. The topological polar surface area (TPSA) is 36.7 Å². The summed E-state index contributed by atoms with van der Waals surface area (Å²) in [5, 5.41) is 9.96. The zero-order valence-corrected chi connectivity index (χ0v) is 21.7. The molecule has 0 atom stereocenters. The van der Waals surface area contributed by atoms with Crippen LogP contribution >= 0.6 is 0 Å². The van der Waals surface area contributed by atoms with Crippen molar-refractivity contribution in [3.8, 4) is 17.2 Å². The summed E-state index contributed by atoms with van der Waals surface area (Å²) in [6, 6.07) is 11.2. The summed E-state index contributed by atoms with van der Waals surface area (Å²) >= 11 is 0. The molecular formula is C33H40N2. The molecule has 0 unspecified atom stereocenters. The number of pyridine rings is 1. The van der Waals surface area contributed by atoms with Crippen molar-refractivity contribution in [2.24, 2.45) is 11.3 Å². The van der Waals surface area contributed by atoms with Crippen LogP contribution in [0.25, 0.3) is 17.2 Å². The lowest BCUT2D eigenvalue weighted by Crippen LogP contribution is -2.19. The van der Waals surface area contributed by atoms with Gasteiger partial charge in [0, 0.05) is 17.5 Å². The molecule has 0 amide bonds. The number of nitrogens with zero attached hydrogens (tertiary/aromatic N) is 2. The van der Waals surface area contributed by atoms with Crippen LogP contribution in [0.5, 0.6) is 0 Å². The Morgan fingerprint density at radius 2 is 1.89 bits per heavy atom. The Hall–Kier alpha value is -2.66. The van der Waals surface area contributed by atoms with Gasteiger partial charge in [-0.25, -0.2) is 0 Å². The van der Waals surface area contributed by atoms with Crippen LogP contribution in [0.1, 0.15) is 106 Å². The predicted octanol–water partition coefficient (Wildman–Crippen LogP) is 9.13. The van der Waals surface area contributed by atoms with Crippen LogP contribution in [-0.4, -0.2) is 4.98 Å². The second-order valence-corrected chi connectivity index (χ2v) is 11.5. The van der Waals surface area contributed by atoms with Crippen molar-refractivity contribution in [1.82, 2.24) is 4.98 Å². The van der Waals surface area contributed by atoms with Crippen LogP contribution < -0.4 is 0 Å². The minimum absolute atomic E-state index is 0.603. The Balaban J connectivity index is 1.42. The monoisotopic (exact) mass is 464 g/mol. The number of aromatic nitrogens is 1. The first-order chi connectivity index (χ1) is 17.1. The van der Waals surface area contributed by atoms with E-state index in [1.165, 1.54) is 105 Å². The van der Waals surface area contributed by atoms with E-state index in [0.717, 1.165) is 29.2 Å². The third kappa shape index (κ3) is 5.30. The highest BCUT2D eigenvalue weighted by Crippen LogP contribution is 2.49. The van der Waals surface area contributed by atoms with Gasteiger partial charge in [-0.15, -0.1) is 0 Å². The lowest BCUT2D eigenvalue weighted by atomic mass is 9.73. The van der Waals surface area contributed by atoms with Crippen LogP contribution in [0.2, 0.25) is 0 Å². The molecule has 2 nitrogen and oxygen atoms in total. The number of nitriles is 1. The van der Waals surface area contributed by atoms with Gasteiger partial charge in [0.15, 0.2) is 0 Å². The summed E-state index contributed by atoms with van der Waals surface area (Å²) in [7, 11) is 0. The molecule has 35 heavy (non-hydrogen) atoms. The summed E-state index contributed by atoms with van der Waals surface area (Å²) < 4.78 is 0.